The SMILES string of the molecule is COCCNCC1(CN(C)CC2CC2C)CCCCCC1. The van der Waals surface area contributed by atoms with Crippen LogP contribution in [0.15, 0.2) is 0 Å². The van der Waals surface area contributed by atoms with E-state index in [4.69, 9.17) is 4.74 Å². The number of nitrogens with one attached hydrogen (secondary N) is 1. The molecule has 0 heterocycles. The zero-order chi connectivity index (χ0) is 15.1. The Morgan fingerprint density at radius 2 is 1.86 bits per heavy atom. The van der Waals surface area contributed by atoms with Crippen LogP contribution in [-0.2, 0) is 4.74 Å². The van der Waals surface area contributed by atoms with Crippen molar-refractivity contribution in [3.8, 4) is 0 Å². The van der Waals surface area contributed by atoms with Gasteiger partial charge in [0, 0.05) is 33.3 Å². The van der Waals surface area contributed by atoms with E-state index in [2.05, 4.69) is 24.2 Å². The van der Waals surface area contributed by atoms with Crippen molar-refractivity contribution >= 4 is 0 Å². The van der Waals surface area contributed by atoms with Gasteiger partial charge >= 0.3 is 0 Å². The Bertz CT molecular complexity index is 287. The molecule has 0 radical (unpaired) electrons. The maximum Gasteiger partial charge on any atom is 0.0587 e. The topological polar surface area (TPSA) is 24.5 Å². The summed E-state index contributed by atoms with van der Waals surface area (Å²) in [6, 6.07) is 0. The third kappa shape index (κ3) is 5.88. The number of hydrogen-bond donors (Lipinski definition) is 1. The highest BCUT2D eigenvalue weighted by molar-refractivity contribution is 4.89. The van der Waals surface area contributed by atoms with E-state index in [-0.39, 0.29) is 0 Å². The molecule has 21 heavy (non-hydrogen) atoms. The van der Waals surface area contributed by atoms with Crippen molar-refractivity contribution < 1.29 is 4.74 Å². The average molecular weight is 296 g/mol. The molecule has 2 fully saturated rings. The van der Waals surface area contributed by atoms with Crippen molar-refractivity contribution in [1.29, 1.82) is 0 Å². The predicted octanol–water partition coefficient (Wildman–Crippen LogP) is 3.15. The van der Waals surface area contributed by atoms with Crippen LogP contribution in [0.1, 0.15) is 51.9 Å². The molecule has 2 unspecified atom stereocenters. The first kappa shape index (κ1) is 17.2. The van der Waals surface area contributed by atoms with Crippen molar-refractivity contribution in [3.63, 3.8) is 0 Å². The van der Waals surface area contributed by atoms with Crippen LogP contribution in [-0.4, -0.2) is 51.8 Å². The third-order valence-corrected chi connectivity index (χ3v) is 5.57. The zero-order valence-electron chi connectivity index (χ0n) is 14.5. The lowest BCUT2D eigenvalue weighted by Crippen LogP contribution is -2.44. The van der Waals surface area contributed by atoms with Crippen LogP contribution in [0.2, 0.25) is 0 Å². The Hall–Kier alpha value is -0.120. The summed E-state index contributed by atoms with van der Waals surface area (Å²) in [5.74, 6) is 1.94. The molecule has 0 aromatic heterocycles. The van der Waals surface area contributed by atoms with Gasteiger partial charge in [0.1, 0.15) is 0 Å². The predicted molar refractivity (Wildman–Crippen MR) is 89.6 cm³/mol. The first-order valence-electron chi connectivity index (χ1n) is 9.03. The summed E-state index contributed by atoms with van der Waals surface area (Å²) in [6.07, 6.45) is 9.95. The van der Waals surface area contributed by atoms with Gasteiger partial charge in [0.25, 0.3) is 0 Å². The summed E-state index contributed by atoms with van der Waals surface area (Å²) < 4.78 is 5.17. The van der Waals surface area contributed by atoms with Gasteiger partial charge in [-0.05, 0) is 43.6 Å². The van der Waals surface area contributed by atoms with Crippen molar-refractivity contribution in [3.05, 3.63) is 0 Å². The number of methoxy groups -OCH3 is 1. The number of ether oxygens (including phenoxy) is 1. The van der Waals surface area contributed by atoms with Crippen LogP contribution in [0.3, 0.4) is 0 Å². The second-order valence-electron chi connectivity index (χ2n) is 7.75. The minimum atomic E-state index is 0.497. The molecule has 2 aliphatic carbocycles. The van der Waals surface area contributed by atoms with Crippen LogP contribution in [0, 0.1) is 17.3 Å². The van der Waals surface area contributed by atoms with Gasteiger partial charge in [-0.2, -0.15) is 0 Å². The zero-order valence-corrected chi connectivity index (χ0v) is 14.5. The van der Waals surface area contributed by atoms with Crippen molar-refractivity contribution in [2.24, 2.45) is 17.3 Å². The molecule has 0 aromatic rings. The Balaban J connectivity index is 1.83. The smallest absolute Gasteiger partial charge is 0.0587 e. The first-order valence-corrected chi connectivity index (χ1v) is 9.03. The molecule has 0 spiro atoms. The third-order valence-electron chi connectivity index (χ3n) is 5.57. The highest BCUT2D eigenvalue weighted by Gasteiger charge is 2.36. The van der Waals surface area contributed by atoms with Gasteiger partial charge in [0.2, 0.25) is 0 Å². The van der Waals surface area contributed by atoms with Crippen LogP contribution >= 0.6 is 0 Å². The molecule has 2 saturated carbocycles. The molecule has 0 saturated heterocycles. The maximum absolute atomic E-state index is 5.17. The molecule has 3 nitrogen and oxygen atoms in total. The summed E-state index contributed by atoms with van der Waals surface area (Å²) in [5, 5.41) is 3.66. The molecule has 124 valence electrons. The molecule has 0 aromatic carbocycles. The van der Waals surface area contributed by atoms with E-state index in [1.54, 1.807) is 7.11 Å². The molecular formula is C18H36N2O. The summed E-state index contributed by atoms with van der Waals surface area (Å²) in [5.41, 5.74) is 0.497. The van der Waals surface area contributed by atoms with Gasteiger partial charge in [0.15, 0.2) is 0 Å². The Morgan fingerprint density at radius 1 is 1.19 bits per heavy atom. The maximum atomic E-state index is 5.17. The summed E-state index contributed by atoms with van der Waals surface area (Å²) in [6.45, 7) is 7.96. The van der Waals surface area contributed by atoms with E-state index >= 15 is 0 Å². The first-order chi connectivity index (χ1) is 10.2. The van der Waals surface area contributed by atoms with E-state index in [0.29, 0.717) is 5.41 Å². The molecular weight excluding hydrogens is 260 g/mol. The fourth-order valence-corrected chi connectivity index (χ4v) is 4.09. The second kappa shape index (κ2) is 8.50. The second-order valence-corrected chi connectivity index (χ2v) is 7.75. The summed E-state index contributed by atoms with van der Waals surface area (Å²) in [4.78, 5) is 2.62. The van der Waals surface area contributed by atoms with Gasteiger partial charge in [-0.1, -0.05) is 32.6 Å². The molecule has 1 N–H and O–H groups in total. The standard InChI is InChI=1S/C18H36N2O/c1-16-12-17(16)13-20(2)15-18(14-19-10-11-21-3)8-6-4-5-7-9-18/h16-17,19H,4-15H2,1-3H3. The fraction of sp³-hybridized carbons (Fsp3) is 1.00. The minimum Gasteiger partial charge on any atom is -0.383 e. The highest BCUT2D eigenvalue weighted by Crippen LogP contribution is 2.40. The quantitative estimate of drug-likeness (QED) is 0.522. The molecule has 2 aliphatic rings. The van der Waals surface area contributed by atoms with E-state index in [1.807, 2.05) is 0 Å². The fourth-order valence-electron chi connectivity index (χ4n) is 4.09. The van der Waals surface area contributed by atoms with Crippen LogP contribution in [0.4, 0.5) is 0 Å². The molecule has 0 aliphatic heterocycles. The van der Waals surface area contributed by atoms with Crippen molar-refractivity contribution in [2.45, 2.75) is 51.9 Å². The lowest BCUT2D eigenvalue weighted by molar-refractivity contribution is 0.135. The van der Waals surface area contributed by atoms with Gasteiger partial charge in [0.05, 0.1) is 6.61 Å². The molecule has 3 heteroatoms. The lowest BCUT2D eigenvalue weighted by Gasteiger charge is -2.37. The van der Waals surface area contributed by atoms with Crippen LogP contribution < -0.4 is 5.32 Å². The molecule has 0 bridgehead atoms. The number of rotatable bonds is 9. The van der Waals surface area contributed by atoms with E-state index in [9.17, 15) is 0 Å². The lowest BCUT2D eigenvalue weighted by atomic mass is 9.79. The Labute approximate surface area is 131 Å². The van der Waals surface area contributed by atoms with E-state index < -0.39 is 0 Å². The minimum absolute atomic E-state index is 0.497. The van der Waals surface area contributed by atoms with Gasteiger partial charge in [-0.3, -0.25) is 0 Å². The summed E-state index contributed by atoms with van der Waals surface area (Å²) >= 11 is 0. The Morgan fingerprint density at radius 3 is 2.43 bits per heavy atom. The monoisotopic (exact) mass is 296 g/mol. The number of nitrogens with zero attached hydrogens (tertiary/aromatic N) is 1. The van der Waals surface area contributed by atoms with Gasteiger partial charge in [-0.15, -0.1) is 0 Å². The normalized spacial score (nSPS) is 28.6. The van der Waals surface area contributed by atoms with Gasteiger partial charge < -0.3 is 15.0 Å². The number of hydrogen-bond acceptors (Lipinski definition) is 3. The van der Waals surface area contributed by atoms with Crippen LogP contribution in [0.25, 0.3) is 0 Å². The molecule has 2 rings (SSSR count). The Kier molecular flexibility index (Phi) is 6.97. The van der Waals surface area contributed by atoms with E-state index in [1.165, 1.54) is 64.6 Å². The van der Waals surface area contributed by atoms with Gasteiger partial charge in [-0.25, -0.2) is 0 Å². The molecule has 0 amide bonds. The van der Waals surface area contributed by atoms with E-state index in [0.717, 1.165) is 25.0 Å². The summed E-state index contributed by atoms with van der Waals surface area (Å²) in [7, 11) is 4.13. The largest absolute Gasteiger partial charge is 0.383 e. The van der Waals surface area contributed by atoms with Crippen molar-refractivity contribution in [1.82, 2.24) is 10.2 Å². The highest BCUT2D eigenvalue weighted by atomic mass is 16.5. The van der Waals surface area contributed by atoms with Crippen molar-refractivity contribution in [2.75, 3.05) is 46.9 Å². The average Bonchev–Trinajstić information content (AvgIpc) is 3.18. The van der Waals surface area contributed by atoms with Crippen LogP contribution in [0.5, 0.6) is 0 Å². The molecule has 2 atom stereocenters.